The molecule has 19 heavy (non-hydrogen) atoms. The topological polar surface area (TPSA) is 52.5 Å². The van der Waals surface area contributed by atoms with Crippen molar-refractivity contribution in [3.63, 3.8) is 0 Å². The number of para-hydroxylation sites is 1. The van der Waals surface area contributed by atoms with E-state index in [9.17, 15) is 13.2 Å². The molecule has 0 unspecified atom stereocenters. The van der Waals surface area contributed by atoms with E-state index in [-0.39, 0.29) is 16.5 Å². The Labute approximate surface area is 105 Å². The van der Waals surface area contributed by atoms with Gasteiger partial charge in [0.15, 0.2) is 5.69 Å². The molecule has 3 rings (SSSR count). The summed E-state index contributed by atoms with van der Waals surface area (Å²) in [7, 11) is 0. The fourth-order valence-electron chi connectivity index (χ4n) is 2.15. The highest BCUT2D eigenvalue weighted by Gasteiger charge is 2.36. The Morgan fingerprint density at radius 3 is 2.63 bits per heavy atom. The number of benzene rings is 1. The summed E-state index contributed by atoms with van der Waals surface area (Å²) < 4.78 is 39.0. The minimum atomic E-state index is -4.56. The van der Waals surface area contributed by atoms with Gasteiger partial charge in [-0.1, -0.05) is 18.2 Å². The molecule has 2 heterocycles. The Morgan fingerprint density at radius 1 is 1.21 bits per heavy atom. The minimum absolute atomic E-state index is 0.0536. The molecule has 0 aliphatic rings. The highest BCUT2D eigenvalue weighted by Crippen LogP contribution is 2.37. The SMILES string of the molecule is N#Cc1cnc(C(F)(F)F)c2c1[nH]c1ccccc12. The zero-order chi connectivity index (χ0) is 13.6. The largest absolute Gasteiger partial charge is 0.434 e. The molecule has 0 saturated heterocycles. The maximum absolute atomic E-state index is 13.0. The summed E-state index contributed by atoms with van der Waals surface area (Å²) in [5, 5.41) is 9.32. The van der Waals surface area contributed by atoms with Gasteiger partial charge in [-0.3, -0.25) is 0 Å². The molecule has 3 aromatic rings. The van der Waals surface area contributed by atoms with Gasteiger partial charge in [-0.05, 0) is 6.07 Å². The van der Waals surface area contributed by atoms with Gasteiger partial charge in [0.2, 0.25) is 0 Å². The van der Waals surface area contributed by atoms with Crippen molar-refractivity contribution < 1.29 is 13.2 Å². The van der Waals surface area contributed by atoms with Crippen LogP contribution in [0.2, 0.25) is 0 Å². The van der Waals surface area contributed by atoms with E-state index in [4.69, 9.17) is 5.26 Å². The molecule has 0 saturated carbocycles. The Bertz CT molecular complexity index is 825. The van der Waals surface area contributed by atoms with Gasteiger partial charge in [0.05, 0.1) is 11.1 Å². The van der Waals surface area contributed by atoms with Gasteiger partial charge in [0.25, 0.3) is 0 Å². The van der Waals surface area contributed by atoms with Gasteiger partial charge in [-0.15, -0.1) is 0 Å². The number of rotatable bonds is 0. The first-order valence-electron chi connectivity index (χ1n) is 5.39. The molecule has 0 amide bonds. The number of fused-ring (bicyclic) bond motifs is 3. The van der Waals surface area contributed by atoms with E-state index in [1.165, 1.54) is 0 Å². The highest BCUT2D eigenvalue weighted by atomic mass is 19.4. The van der Waals surface area contributed by atoms with E-state index in [1.807, 2.05) is 6.07 Å². The predicted molar refractivity (Wildman–Crippen MR) is 63.3 cm³/mol. The van der Waals surface area contributed by atoms with Gasteiger partial charge >= 0.3 is 6.18 Å². The van der Waals surface area contributed by atoms with E-state index >= 15 is 0 Å². The summed E-state index contributed by atoms with van der Waals surface area (Å²) in [4.78, 5) is 6.25. The smallest absolute Gasteiger partial charge is 0.353 e. The predicted octanol–water partition coefficient (Wildman–Crippen LogP) is 3.61. The number of aromatic nitrogens is 2. The molecule has 3 nitrogen and oxygen atoms in total. The standard InChI is InChI=1S/C13H6F3N3/c14-13(15,16)12-10-8-3-1-2-4-9(8)19-11(10)7(5-17)6-18-12/h1-4,6,19H. The summed E-state index contributed by atoms with van der Waals surface area (Å²) >= 11 is 0. The van der Waals surface area contributed by atoms with Gasteiger partial charge in [-0.25, -0.2) is 4.98 Å². The molecule has 94 valence electrons. The molecule has 1 N–H and O–H groups in total. The van der Waals surface area contributed by atoms with Crippen molar-refractivity contribution in [1.82, 2.24) is 9.97 Å². The van der Waals surface area contributed by atoms with Crippen LogP contribution < -0.4 is 0 Å². The van der Waals surface area contributed by atoms with Gasteiger partial charge in [0, 0.05) is 22.5 Å². The van der Waals surface area contributed by atoms with Gasteiger partial charge in [0.1, 0.15) is 6.07 Å². The molecule has 0 radical (unpaired) electrons. The first-order chi connectivity index (χ1) is 9.02. The summed E-state index contributed by atoms with van der Waals surface area (Å²) in [6.45, 7) is 0. The number of hydrogen-bond donors (Lipinski definition) is 1. The van der Waals surface area contributed by atoms with E-state index in [1.54, 1.807) is 24.3 Å². The second-order valence-corrected chi connectivity index (χ2v) is 4.05. The van der Waals surface area contributed by atoms with Crippen LogP contribution in [0.3, 0.4) is 0 Å². The number of nitrogens with one attached hydrogen (secondary N) is 1. The first-order valence-corrected chi connectivity index (χ1v) is 5.39. The summed E-state index contributed by atoms with van der Waals surface area (Å²) in [5.41, 5.74) is -0.156. The first kappa shape index (κ1) is 11.5. The Hall–Kier alpha value is -2.55. The molecule has 0 fully saturated rings. The summed E-state index contributed by atoms with van der Waals surface area (Å²) in [6, 6.07) is 8.45. The Morgan fingerprint density at radius 2 is 1.95 bits per heavy atom. The van der Waals surface area contributed by atoms with E-state index in [0.717, 1.165) is 6.20 Å². The lowest BCUT2D eigenvalue weighted by Crippen LogP contribution is -2.08. The van der Waals surface area contributed by atoms with Crippen molar-refractivity contribution in [3.8, 4) is 6.07 Å². The van der Waals surface area contributed by atoms with Crippen molar-refractivity contribution in [3.05, 3.63) is 41.7 Å². The minimum Gasteiger partial charge on any atom is -0.353 e. The molecular formula is C13H6F3N3. The number of pyridine rings is 1. The summed E-state index contributed by atoms with van der Waals surface area (Å²) in [5.74, 6) is 0. The van der Waals surface area contributed by atoms with Gasteiger partial charge < -0.3 is 4.98 Å². The lowest BCUT2D eigenvalue weighted by molar-refractivity contribution is -0.139. The fraction of sp³-hybridized carbons (Fsp3) is 0.0769. The molecule has 0 bridgehead atoms. The van der Waals surface area contributed by atoms with Crippen molar-refractivity contribution in [2.75, 3.05) is 0 Å². The van der Waals surface area contributed by atoms with Crippen LogP contribution in [0.25, 0.3) is 21.8 Å². The van der Waals surface area contributed by atoms with Crippen LogP contribution in [0, 0.1) is 11.3 Å². The number of nitriles is 1. The molecule has 2 aromatic heterocycles. The molecule has 0 spiro atoms. The van der Waals surface area contributed by atoms with E-state index in [2.05, 4.69) is 9.97 Å². The molecule has 1 aromatic carbocycles. The monoisotopic (exact) mass is 261 g/mol. The van der Waals surface area contributed by atoms with Crippen LogP contribution in [-0.4, -0.2) is 9.97 Å². The van der Waals surface area contributed by atoms with Crippen LogP contribution in [0.15, 0.2) is 30.5 Å². The zero-order valence-electron chi connectivity index (χ0n) is 9.42. The molecule has 0 atom stereocenters. The molecule has 0 aliphatic heterocycles. The second-order valence-electron chi connectivity index (χ2n) is 4.05. The van der Waals surface area contributed by atoms with Crippen molar-refractivity contribution in [2.24, 2.45) is 0 Å². The third-order valence-corrected chi connectivity index (χ3v) is 2.92. The Kier molecular flexibility index (Phi) is 2.26. The normalized spacial score (nSPS) is 11.9. The third kappa shape index (κ3) is 1.63. The van der Waals surface area contributed by atoms with Gasteiger partial charge in [-0.2, -0.15) is 18.4 Å². The maximum atomic E-state index is 13.0. The number of alkyl halides is 3. The Balaban J connectivity index is 2.58. The lowest BCUT2D eigenvalue weighted by Gasteiger charge is -2.07. The van der Waals surface area contributed by atoms with Crippen molar-refractivity contribution >= 4 is 21.8 Å². The number of aromatic amines is 1. The average Bonchev–Trinajstić information content (AvgIpc) is 2.75. The number of H-pyrrole nitrogens is 1. The number of halogens is 3. The quantitative estimate of drug-likeness (QED) is 0.672. The zero-order valence-corrected chi connectivity index (χ0v) is 9.42. The van der Waals surface area contributed by atoms with Crippen LogP contribution in [0.1, 0.15) is 11.3 Å². The van der Waals surface area contributed by atoms with Crippen LogP contribution >= 0.6 is 0 Å². The number of hydrogen-bond acceptors (Lipinski definition) is 2. The van der Waals surface area contributed by atoms with Crippen molar-refractivity contribution in [1.29, 1.82) is 5.26 Å². The highest BCUT2D eigenvalue weighted by molar-refractivity contribution is 6.10. The van der Waals surface area contributed by atoms with Crippen LogP contribution in [-0.2, 0) is 6.18 Å². The van der Waals surface area contributed by atoms with E-state index < -0.39 is 11.9 Å². The fourth-order valence-corrected chi connectivity index (χ4v) is 2.15. The number of nitrogens with zero attached hydrogens (tertiary/aromatic N) is 2. The summed E-state index contributed by atoms with van der Waals surface area (Å²) in [6.07, 6.45) is -3.61. The van der Waals surface area contributed by atoms with Crippen LogP contribution in [0.5, 0.6) is 0 Å². The van der Waals surface area contributed by atoms with Crippen LogP contribution in [0.4, 0.5) is 13.2 Å². The lowest BCUT2D eigenvalue weighted by atomic mass is 10.1. The molecular weight excluding hydrogens is 255 g/mol. The average molecular weight is 261 g/mol. The second kappa shape index (κ2) is 3.72. The van der Waals surface area contributed by atoms with E-state index in [0.29, 0.717) is 10.9 Å². The van der Waals surface area contributed by atoms with Crippen molar-refractivity contribution in [2.45, 2.75) is 6.18 Å². The molecule has 6 heteroatoms. The molecule has 0 aliphatic carbocycles. The third-order valence-electron chi connectivity index (χ3n) is 2.92. The maximum Gasteiger partial charge on any atom is 0.434 e.